The van der Waals surface area contributed by atoms with Crippen molar-refractivity contribution in [1.82, 2.24) is 4.90 Å². The Hall–Kier alpha value is -0.680. The number of rotatable bonds is 3. The summed E-state index contributed by atoms with van der Waals surface area (Å²) in [5.74, 6) is 0.711. The van der Waals surface area contributed by atoms with Crippen molar-refractivity contribution in [2.24, 2.45) is 5.92 Å². The fourth-order valence-corrected chi connectivity index (χ4v) is 3.60. The molecular formula is C13H16BrNO2S. The quantitative estimate of drug-likeness (QED) is 0.797. The zero-order valence-electron chi connectivity index (χ0n) is 10.3. The standard InChI is InChI=1S/C13H16BrNO2S/c1-9-2-3-12(17)15(6-4-9)8-11(16)13-10(14)5-7-18-13/h5,7,9H,2-4,6,8H2,1H3. The fourth-order valence-electron chi connectivity index (χ4n) is 2.08. The summed E-state index contributed by atoms with van der Waals surface area (Å²) in [6.07, 6.45) is 2.50. The van der Waals surface area contributed by atoms with E-state index in [2.05, 4.69) is 22.9 Å². The summed E-state index contributed by atoms with van der Waals surface area (Å²) < 4.78 is 0.827. The first-order valence-corrected chi connectivity index (χ1v) is 7.79. The molecule has 1 aliphatic rings. The van der Waals surface area contributed by atoms with Crippen molar-refractivity contribution in [2.45, 2.75) is 26.2 Å². The normalized spacial score (nSPS) is 20.9. The molecule has 2 rings (SSSR count). The van der Waals surface area contributed by atoms with Crippen LogP contribution in [-0.4, -0.2) is 29.7 Å². The van der Waals surface area contributed by atoms with E-state index < -0.39 is 0 Å². The molecule has 1 fully saturated rings. The largest absolute Gasteiger partial charge is 0.335 e. The van der Waals surface area contributed by atoms with Crippen molar-refractivity contribution >= 4 is 39.0 Å². The molecule has 1 aromatic rings. The lowest BCUT2D eigenvalue weighted by Crippen LogP contribution is -2.35. The molecule has 1 unspecified atom stereocenters. The monoisotopic (exact) mass is 329 g/mol. The minimum atomic E-state index is 0.0276. The lowest BCUT2D eigenvalue weighted by Gasteiger charge is -2.19. The van der Waals surface area contributed by atoms with Crippen LogP contribution in [0.3, 0.4) is 0 Å². The molecule has 1 saturated heterocycles. The number of hydrogen-bond acceptors (Lipinski definition) is 3. The Morgan fingerprint density at radius 1 is 1.56 bits per heavy atom. The van der Waals surface area contributed by atoms with Crippen LogP contribution in [0.25, 0.3) is 0 Å². The highest BCUT2D eigenvalue weighted by Gasteiger charge is 2.23. The van der Waals surface area contributed by atoms with Crippen LogP contribution in [0.15, 0.2) is 15.9 Å². The second-order valence-electron chi connectivity index (χ2n) is 4.77. The third-order valence-corrected chi connectivity index (χ3v) is 5.18. The van der Waals surface area contributed by atoms with Gasteiger partial charge in [0.15, 0.2) is 5.78 Å². The second-order valence-corrected chi connectivity index (χ2v) is 6.54. The van der Waals surface area contributed by atoms with Crippen LogP contribution in [0.2, 0.25) is 0 Å². The van der Waals surface area contributed by atoms with Crippen LogP contribution in [0, 0.1) is 5.92 Å². The van der Waals surface area contributed by atoms with Crippen molar-refractivity contribution in [3.05, 3.63) is 20.8 Å². The fraction of sp³-hybridized carbons (Fsp3) is 0.538. The average Bonchev–Trinajstić information content (AvgIpc) is 2.70. The van der Waals surface area contributed by atoms with E-state index in [1.165, 1.54) is 11.3 Å². The first-order chi connectivity index (χ1) is 8.58. The Bertz CT molecular complexity index is 458. The van der Waals surface area contributed by atoms with Crippen LogP contribution < -0.4 is 0 Å². The lowest BCUT2D eigenvalue weighted by molar-refractivity contribution is -0.130. The molecule has 0 bridgehead atoms. The van der Waals surface area contributed by atoms with Gasteiger partial charge >= 0.3 is 0 Å². The number of Topliss-reactive ketones (excluding diaryl/α,β-unsaturated/α-hetero) is 1. The highest BCUT2D eigenvalue weighted by Crippen LogP contribution is 2.24. The number of hydrogen-bond donors (Lipinski definition) is 0. The molecule has 0 aliphatic carbocycles. The van der Waals surface area contributed by atoms with Crippen LogP contribution in [0.4, 0.5) is 0 Å². The molecular weight excluding hydrogens is 314 g/mol. The average molecular weight is 330 g/mol. The van der Waals surface area contributed by atoms with E-state index >= 15 is 0 Å². The third-order valence-electron chi connectivity index (χ3n) is 3.30. The van der Waals surface area contributed by atoms with Crippen molar-refractivity contribution in [2.75, 3.05) is 13.1 Å². The van der Waals surface area contributed by atoms with Gasteiger partial charge in [-0.15, -0.1) is 11.3 Å². The van der Waals surface area contributed by atoms with E-state index in [0.717, 1.165) is 17.3 Å². The number of thiophene rings is 1. The maximum atomic E-state index is 12.1. The smallest absolute Gasteiger partial charge is 0.222 e. The molecule has 2 heterocycles. The summed E-state index contributed by atoms with van der Waals surface area (Å²) in [6, 6.07) is 1.87. The second kappa shape index (κ2) is 5.97. The summed E-state index contributed by atoms with van der Waals surface area (Å²) in [5, 5.41) is 1.88. The molecule has 0 saturated carbocycles. The van der Waals surface area contributed by atoms with Crippen molar-refractivity contribution in [1.29, 1.82) is 0 Å². The van der Waals surface area contributed by atoms with Crippen LogP contribution in [-0.2, 0) is 4.79 Å². The van der Waals surface area contributed by atoms with Crippen LogP contribution >= 0.6 is 27.3 Å². The maximum Gasteiger partial charge on any atom is 0.222 e. The minimum Gasteiger partial charge on any atom is -0.335 e. The molecule has 0 aromatic carbocycles. The van der Waals surface area contributed by atoms with E-state index in [0.29, 0.717) is 23.8 Å². The van der Waals surface area contributed by atoms with Gasteiger partial charge in [0.1, 0.15) is 0 Å². The maximum absolute atomic E-state index is 12.1. The summed E-state index contributed by atoms with van der Waals surface area (Å²) in [6.45, 7) is 3.08. The number of carbonyl (C=O) groups excluding carboxylic acids is 2. The summed E-state index contributed by atoms with van der Waals surface area (Å²) in [5.41, 5.74) is 0. The van der Waals surface area contributed by atoms with Crippen LogP contribution in [0.5, 0.6) is 0 Å². The van der Waals surface area contributed by atoms with Crippen molar-refractivity contribution in [3.63, 3.8) is 0 Å². The Morgan fingerprint density at radius 3 is 3.00 bits per heavy atom. The van der Waals surface area contributed by atoms with Gasteiger partial charge in [0.05, 0.1) is 11.4 Å². The number of ketones is 1. The molecule has 1 aromatic heterocycles. The highest BCUT2D eigenvalue weighted by molar-refractivity contribution is 9.10. The molecule has 5 heteroatoms. The molecule has 0 radical (unpaired) electrons. The van der Waals surface area contributed by atoms with Gasteiger partial charge in [0.2, 0.25) is 5.91 Å². The summed E-state index contributed by atoms with van der Waals surface area (Å²) in [4.78, 5) is 26.5. The predicted octanol–water partition coefficient (Wildman–Crippen LogP) is 3.34. The van der Waals surface area contributed by atoms with E-state index in [-0.39, 0.29) is 18.2 Å². The minimum absolute atomic E-state index is 0.0276. The van der Waals surface area contributed by atoms with E-state index in [1.54, 1.807) is 4.90 Å². The van der Waals surface area contributed by atoms with Gasteiger partial charge in [-0.25, -0.2) is 0 Å². The Balaban J connectivity index is 2.02. The number of amides is 1. The first-order valence-electron chi connectivity index (χ1n) is 6.12. The molecule has 18 heavy (non-hydrogen) atoms. The predicted molar refractivity (Wildman–Crippen MR) is 75.9 cm³/mol. The highest BCUT2D eigenvalue weighted by atomic mass is 79.9. The van der Waals surface area contributed by atoms with Crippen LogP contribution in [0.1, 0.15) is 35.9 Å². The molecule has 0 N–H and O–H groups in total. The van der Waals surface area contributed by atoms with E-state index in [1.807, 2.05) is 11.4 Å². The topological polar surface area (TPSA) is 37.4 Å². The first kappa shape index (κ1) is 13.7. The zero-order chi connectivity index (χ0) is 13.1. The molecule has 3 nitrogen and oxygen atoms in total. The molecule has 98 valence electrons. The van der Waals surface area contributed by atoms with Crippen molar-refractivity contribution in [3.8, 4) is 0 Å². The van der Waals surface area contributed by atoms with Gasteiger partial charge in [-0.1, -0.05) is 6.92 Å². The lowest BCUT2D eigenvalue weighted by atomic mass is 10.0. The number of nitrogens with zero attached hydrogens (tertiary/aromatic N) is 1. The van der Waals surface area contributed by atoms with Crippen molar-refractivity contribution < 1.29 is 9.59 Å². The SMILES string of the molecule is CC1CCC(=O)N(CC(=O)c2sccc2Br)CC1. The van der Waals surface area contributed by atoms with E-state index in [4.69, 9.17) is 0 Å². The third kappa shape index (κ3) is 3.20. The molecule has 1 amide bonds. The summed E-state index contributed by atoms with van der Waals surface area (Å²) >= 11 is 4.78. The number of carbonyl (C=O) groups is 2. The van der Waals surface area contributed by atoms with Gasteiger partial charge in [0.25, 0.3) is 0 Å². The Morgan fingerprint density at radius 2 is 2.33 bits per heavy atom. The Kier molecular flexibility index (Phi) is 4.56. The van der Waals surface area contributed by atoms with E-state index in [9.17, 15) is 9.59 Å². The molecule has 0 spiro atoms. The molecule has 1 aliphatic heterocycles. The van der Waals surface area contributed by atoms with Gasteiger partial charge < -0.3 is 4.90 Å². The van der Waals surface area contributed by atoms with Gasteiger partial charge in [-0.3, -0.25) is 9.59 Å². The van der Waals surface area contributed by atoms with Gasteiger partial charge in [-0.05, 0) is 46.1 Å². The van der Waals surface area contributed by atoms with Gasteiger partial charge in [-0.2, -0.15) is 0 Å². The Labute approximate surface area is 119 Å². The number of likely N-dealkylation sites (tertiary alicyclic amines) is 1. The zero-order valence-corrected chi connectivity index (χ0v) is 12.7. The number of halogens is 1. The molecule has 1 atom stereocenters. The van der Waals surface area contributed by atoms with Gasteiger partial charge in [0, 0.05) is 17.4 Å². The summed E-state index contributed by atoms with van der Waals surface area (Å²) in [7, 11) is 0.